The third-order valence-electron chi connectivity index (χ3n) is 6.00. The largest absolute Gasteiger partial charge is 0.492 e. The van der Waals surface area contributed by atoms with Gasteiger partial charge in [0, 0.05) is 18.0 Å². The maximum atomic E-state index is 13.1. The molecule has 1 aliphatic carbocycles. The zero-order chi connectivity index (χ0) is 22.4. The lowest BCUT2D eigenvalue weighted by Gasteiger charge is -2.21. The molecular weight excluding hydrogens is 412 g/mol. The van der Waals surface area contributed by atoms with E-state index in [1.54, 1.807) is 6.08 Å². The topological polar surface area (TPSA) is 59.1 Å². The maximum Gasteiger partial charge on any atom is 0.217 e. The molecule has 0 bridgehead atoms. The summed E-state index contributed by atoms with van der Waals surface area (Å²) in [5.41, 5.74) is 1.64. The van der Waals surface area contributed by atoms with E-state index >= 15 is 0 Å². The minimum atomic E-state index is -1.42. The van der Waals surface area contributed by atoms with Gasteiger partial charge in [0.25, 0.3) is 0 Å². The second kappa shape index (κ2) is 11.1. The van der Waals surface area contributed by atoms with Crippen LogP contribution in [0.5, 0.6) is 5.75 Å². The molecule has 3 rings (SSSR count). The standard InChI is InChI=1S/C24H34N2O4S/c1-5-25(6-2)13-15-29-18-9-12-22-20(17-18)19-10-11-21(23(27)24(19)31(22)28)30-16-14-26(7-3)8-4/h9-12,17,24H,5-8,13-16H2,1-4H3. The molecule has 2 aliphatic rings. The van der Waals surface area contributed by atoms with Crippen LogP contribution in [-0.4, -0.2) is 77.5 Å². The third-order valence-corrected chi connectivity index (χ3v) is 7.69. The second-order valence-corrected chi connectivity index (χ2v) is 9.11. The van der Waals surface area contributed by atoms with Crippen LogP contribution in [-0.2, 0) is 20.3 Å². The Morgan fingerprint density at radius 1 is 0.903 bits per heavy atom. The number of Topliss-reactive ketones (excluding diaryl/α,β-unsaturated/α-hetero) is 1. The zero-order valence-electron chi connectivity index (χ0n) is 19.1. The lowest BCUT2D eigenvalue weighted by molar-refractivity contribution is -0.117. The summed E-state index contributed by atoms with van der Waals surface area (Å²) in [5, 5.41) is -0.686. The normalized spacial score (nSPS) is 19.9. The summed E-state index contributed by atoms with van der Waals surface area (Å²) < 4.78 is 24.8. The number of carbonyl (C=O) groups excluding carboxylic acids is 1. The molecule has 1 heterocycles. The van der Waals surface area contributed by atoms with Crippen LogP contribution in [0, 0.1) is 0 Å². The second-order valence-electron chi connectivity index (χ2n) is 7.60. The highest BCUT2D eigenvalue weighted by Crippen LogP contribution is 2.42. The zero-order valence-corrected chi connectivity index (χ0v) is 19.9. The van der Waals surface area contributed by atoms with Gasteiger partial charge in [0.05, 0.1) is 10.8 Å². The monoisotopic (exact) mass is 446 g/mol. The molecule has 0 saturated carbocycles. The van der Waals surface area contributed by atoms with Crippen LogP contribution in [0.2, 0.25) is 0 Å². The van der Waals surface area contributed by atoms with Crippen LogP contribution in [0.3, 0.4) is 0 Å². The molecule has 0 aromatic heterocycles. The van der Waals surface area contributed by atoms with E-state index in [1.807, 2.05) is 24.3 Å². The Morgan fingerprint density at radius 3 is 2.13 bits per heavy atom. The average molecular weight is 447 g/mol. The number of fused-ring (bicyclic) bond motifs is 3. The van der Waals surface area contributed by atoms with Crippen molar-refractivity contribution >= 4 is 22.2 Å². The summed E-state index contributed by atoms with van der Waals surface area (Å²) in [6, 6.07) is 5.58. The minimum Gasteiger partial charge on any atom is -0.492 e. The Labute approximate surface area is 188 Å². The van der Waals surface area contributed by atoms with Gasteiger partial charge in [0.15, 0.2) is 5.76 Å². The molecule has 0 spiro atoms. The van der Waals surface area contributed by atoms with E-state index < -0.39 is 16.0 Å². The predicted molar refractivity (Wildman–Crippen MR) is 125 cm³/mol. The first-order chi connectivity index (χ1) is 15.0. The highest BCUT2D eigenvalue weighted by molar-refractivity contribution is 7.87. The van der Waals surface area contributed by atoms with E-state index in [0.717, 1.165) is 56.2 Å². The van der Waals surface area contributed by atoms with Crippen molar-refractivity contribution in [2.24, 2.45) is 0 Å². The van der Waals surface area contributed by atoms with Crippen LogP contribution >= 0.6 is 0 Å². The van der Waals surface area contributed by atoms with E-state index in [1.165, 1.54) is 0 Å². The molecule has 7 heteroatoms. The summed E-state index contributed by atoms with van der Waals surface area (Å²) in [7, 11) is -1.42. The van der Waals surface area contributed by atoms with Crippen LogP contribution in [0.25, 0.3) is 5.57 Å². The fraction of sp³-hybridized carbons (Fsp3) is 0.542. The van der Waals surface area contributed by atoms with Crippen LogP contribution < -0.4 is 4.74 Å². The molecule has 0 radical (unpaired) electrons. The number of carbonyl (C=O) groups is 1. The fourth-order valence-corrected chi connectivity index (χ4v) is 5.55. The summed E-state index contributed by atoms with van der Waals surface area (Å²) in [6.45, 7) is 15.0. The Balaban J connectivity index is 1.70. The first kappa shape index (κ1) is 23.7. The van der Waals surface area contributed by atoms with Crippen LogP contribution in [0.1, 0.15) is 33.3 Å². The molecule has 31 heavy (non-hydrogen) atoms. The molecule has 1 aromatic carbocycles. The molecule has 0 amide bonds. The minimum absolute atomic E-state index is 0.199. The summed E-state index contributed by atoms with van der Waals surface area (Å²) in [4.78, 5) is 18.2. The summed E-state index contributed by atoms with van der Waals surface area (Å²) in [6.07, 6.45) is 3.60. The van der Waals surface area contributed by atoms with Crippen molar-refractivity contribution in [2.45, 2.75) is 37.8 Å². The molecule has 1 aromatic rings. The van der Waals surface area contributed by atoms with Crippen molar-refractivity contribution in [1.82, 2.24) is 9.80 Å². The molecular formula is C24H34N2O4S. The molecule has 0 N–H and O–H groups in total. The van der Waals surface area contributed by atoms with Crippen molar-refractivity contribution in [1.29, 1.82) is 0 Å². The molecule has 2 atom stereocenters. The SMILES string of the molecule is CCN(CC)CCOC1=CC=C2c3cc(OCCN(CC)CC)ccc3S(=O)C2C1=O. The molecule has 0 saturated heterocycles. The number of hydrogen-bond donors (Lipinski definition) is 0. The van der Waals surface area contributed by atoms with E-state index in [0.29, 0.717) is 23.9 Å². The number of ketones is 1. The number of likely N-dealkylation sites (N-methyl/N-ethyl adjacent to an activating group) is 2. The van der Waals surface area contributed by atoms with Gasteiger partial charge in [-0.2, -0.15) is 0 Å². The predicted octanol–water partition coefficient (Wildman–Crippen LogP) is 3.11. The van der Waals surface area contributed by atoms with Crippen molar-refractivity contribution in [3.63, 3.8) is 0 Å². The van der Waals surface area contributed by atoms with Crippen molar-refractivity contribution in [2.75, 3.05) is 52.5 Å². The molecule has 1 aliphatic heterocycles. The van der Waals surface area contributed by atoms with Crippen molar-refractivity contribution in [3.8, 4) is 5.75 Å². The average Bonchev–Trinajstić information content (AvgIpc) is 3.08. The maximum absolute atomic E-state index is 13.1. The van der Waals surface area contributed by atoms with Gasteiger partial charge in [0.1, 0.15) is 24.2 Å². The Kier molecular flexibility index (Phi) is 8.46. The number of allylic oxidation sites excluding steroid dienone is 3. The van der Waals surface area contributed by atoms with Gasteiger partial charge in [-0.1, -0.05) is 33.8 Å². The van der Waals surface area contributed by atoms with Gasteiger partial charge in [-0.05, 0) is 61.6 Å². The van der Waals surface area contributed by atoms with Gasteiger partial charge in [0.2, 0.25) is 5.78 Å². The van der Waals surface area contributed by atoms with E-state index in [-0.39, 0.29) is 5.78 Å². The molecule has 6 nitrogen and oxygen atoms in total. The number of hydrogen-bond acceptors (Lipinski definition) is 6. The quantitative estimate of drug-likeness (QED) is 0.492. The fourth-order valence-electron chi connectivity index (χ4n) is 3.95. The van der Waals surface area contributed by atoms with Gasteiger partial charge in [-0.3, -0.25) is 9.00 Å². The third kappa shape index (κ3) is 5.27. The highest BCUT2D eigenvalue weighted by Gasteiger charge is 2.42. The van der Waals surface area contributed by atoms with E-state index in [4.69, 9.17) is 9.47 Å². The number of rotatable bonds is 12. The Morgan fingerprint density at radius 2 is 1.52 bits per heavy atom. The number of ether oxygens (including phenoxy) is 2. The van der Waals surface area contributed by atoms with Gasteiger partial charge >= 0.3 is 0 Å². The number of benzene rings is 1. The molecule has 0 fully saturated rings. The summed E-state index contributed by atoms with van der Waals surface area (Å²) >= 11 is 0. The van der Waals surface area contributed by atoms with Crippen LogP contribution in [0.15, 0.2) is 41.0 Å². The molecule has 170 valence electrons. The van der Waals surface area contributed by atoms with Gasteiger partial charge < -0.3 is 19.3 Å². The van der Waals surface area contributed by atoms with Gasteiger partial charge in [-0.25, -0.2) is 0 Å². The van der Waals surface area contributed by atoms with Crippen molar-refractivity contribution < 1.29 is 18.5 Å². The van der Waals surface area contributed by atoms with Crippen molar-refractivity contribution in [3.05, 3.63) is 41.7 Å². The lowest BCUT2D eigenvalue weighted by Crippen LogP contribution is -2.30. The smallest absolute Gasteiger partial charge is 0.217 e. The van der Waals surface area contributed by atoms with E-state index in [9.17, 15) is 9.00 Å². The van der Waals surface area contributed by atoms with E-state index in [2.05, 4.69) is 37.5 Å². The Hall–Kier alpha value is -1.96. The first-order valence-corrected chi connectivity index (χ1v) is 12.5. The summed E-state index contributed by atoms with van der Waals surface area (Å²) in [5.74, 6) is 0.843. The number of nitrogens with zero attached hydrogens (tertiary/aromatic N) is 2. The van der Waals surface area contributed by atoms with Crippen LogP contribution in [0.4, 0.5) is 0 Å². The highest BCUT2D eigenvalue weighted by atomic mass is 32.2. The molecule has 2 unspecified atom stereocenters. The Bertz CT molecular complexity index is 872. The lowest BCUT2D eigenvalue weighted by atomic mass is 9.95. The first-order valence-electron chi connectivity index (χ1n) is 11.2. The van der Waals surface area contributed by atoms with Gasteiger partial charge in [-0.15, -0.1) is 0 Å².